The number of nitrogens with zero attached hydrogens (tertiary/aromatic N) is 2. The van der Waals surface area contributed by atoms with Crippen molar-refractivity contribution in [1.82, 2.24) is 4.90 Å². The standard InChI is InChI=1S/C8H13BrN2O2/c1-13-6-5-11(4-2-3-10)8(12)7-9/h2,4-7H2,1H3. The number of amides is 1. The monoisotopic (exact) mass is 248 g/mol. The summed E-state index contributed by atoms with van der Waals surface area (Å²) in [6.07, 6.45) is 0.364. The van der Waals surface area contributed by atoms with E-state index in [1.54, 1.807) is 12.0 Å². The van der Waals surface area contributed by atoms with Crippen LogP contribution in [0, 0.1) is 11.3 Å². The van der Waals surface area contributed by atoms with Crippen LogP contribution in [0.1, 0.15) is 6.42 Å². The van der Waals surface area contributed by atoms with Crippen molar-refractivity contribution in [3.63, 3.8) is 0 Å². The van der Waals surface area contributed by atoms with E-state index in [4.69, 9.17) is 10.00 Å². The van der Waals surface area contributed by atoms with Crippen LogP contribution in [-0.4, -0.2) is 42.9 Å². The maximum atomic E-state index is 11.2. The first-order chi connectivity index (χ1) is 6.26. The molecule has 0 aromatic carbocycles. The van der Waals surface area contributed by atoms with Gasteiger partial charge in [0.1, 0.15) is 0 Å². The summed E-state index contributed by atoms with van der Waals surface area (Å²) >= 11 is 3.08. The van der Waals surface area contributed by atoms with Gasteiger partial charge in [0.25, 0.3) is 0 Å². The van der Waals surface area contributed by atoms with Gasteiger partial charge in [0.05, 0.1) is 24.4 Å². The van der Waals surface area contributed by atoms with Gasteiger partial charge in [-0.05, 0) is 0 Å². The Bertz CT molecular complexity index is 191. The number of carbonyl (C=O) groups is 1. The van der Waals surface area contributed by atoms with Gasteiger partial charge in [0.2, 0.25) is 5.91 Å². The zero-order valence-corrected chi connectivity index (χ0v) is 9.21. The molecule has 0 radical (unpaired) electrons. The average molecular weight is 249 g/mol. The first-order valence-electron chi connectivity index (χ1n) is 3.96. The van der Waals surface area contributed by atoms with Crippen molar-refractivity contribution in [2.45, 2.75) is 6.42 Å². The zero-order chi connectivity index (χ0) is 10.1. The Labute approximate surface area is 86.6 Å². The summed E-state index contributed by atoms with van der Waals surface area (Å²) in [4.78, 5) is 12.9. The van der Waals surface area contributed by atoms with Gasteiger partial charge < -0.3 is 9.64 Å². The molecule has 0 fully saturated rings. The van der Waals surface area contributed by atoms with Crippen molar-refractivity contribution in [3.05, 3.63) is 0 Å². The Hall–Kier alpha value is -0.600. The third-order valence-corrected chi connectivity index (χ3v) is 2.01. The summed E-state index contributed by atoms with van der Waals surface area (Å²) in [6, 6.07) is 2.00. The molecular formula is C8H13BrN2O2. The first kappa shape index (κ1) is 12.4. The highest BCUT2D eigenvalue weighted by molar-refractivity contribution is 9.09. The lowest BCUT2D eigenvalue weighted by molar-refractivity contribution is -0.128. The summed E-state index contributed by atoms with van der Waals surface area (Å²) in [7, 11) is 1.58. The van der Waals surface area contributed by atoms with E-state index in [0.29, 0.717) is 31.4 Å². The topological polar surface area (TPSA) is 53.3 Å². The molecule has 1 amide bonds. The van der Waals surface area contributed by atoms with E-state index < -0.39 is 0 Å². The predicted molar refractivity (Wildman–Crippen MR) is 52.5 cm³/mol. The van der Waals surface area contributed by atoms with E-state index in [1.165, 1.54) is 0 Å². The fraction of sp³-hybridized carbons (Fsp3) is 0.750. The second-order valence-corrected chi connectivity index (χ2v) is 2.98. The molecule has 0 spiro atoms. The highest BCUT2D eigenvalue weighted by Crippen LogP contribution is 1.95. The minimum atomic E-state index is -0.00713. The highest BCUT2D eigenvalue weighted by atomic mass is 79.9. The molecule has 0 saturated carbocycles. The minimum Gasteiger partial charge on any atom is -0.383 e. The lowest BCUT2D eigenvalue weighted by atomic mass is 10.4. The van der Waals surface area contributed by atoms with Crippen LogP contribution >= 0.6 is 15.9 Å². The van der Waals surface area contributed by atoms with E-state index >= 15 is 0 Å². The number of nitriles is 1. The van der Waals surface area contributed by atoms with Gasteiger partial charge in [0, 0.05) is 20.2 Å². The molecule has 74 valence electrons. The largest absolute Gasteiger partial charge is 0.383 e. The van der Waals surface area contributed by atoms with E-state index in [2.05, 4.69) is 15.9 Å². The molecule has 0 N–H and O–H groups in total. The van der Waals surface area contributed by atoms with Gasteiger partial charge in [-0.1, -0.05) is 15.9 Å². The van der Waals surface area contributed by atoms with Gasteiger partial charge >= 0.3 is 0 Å². The number of methoxy groups -OCH3 is 1. The molecule has 5 heteroatoms. The van der Waals surface area contributed by atoms with Crippen LogP contribution in [0.15, 0.2) is 0 Å². The van der Waals surface area contributed by atoms with Crippen molar-refractivity contribution in [1.29, 1.82) is 5.26 Å². The third kappa shape index (κ3) is 5.61. The molecule has 13 heavy (non-hydrogen) atoms. The number of carbonyl (C=O) groups excluding carboxylic acids is 1. The Morgan fingerprint density at radius 3 is 2.77 bits per heavy atom. The minimum absolute atomic E-state index is 0.00713. The normalized spacial score (nSPS) is 9.31. The molecule has 0 rings (SSSR count). The molecule has 0 atom stereocenters. The second kappa shape index (κ2) is 8.02. The number of ether oxygens (including phenoxy) is 1. The lowest BCUT2D eigenvalue weighted by Crippen LogP contribution is -2.35. The van der Waals surface area contributed by atoms with Crippen LogP contribution in [0.25, 0.3) is 0 Å². The van der Waals surface area contributed by atoms with Crippen LogP contribution in [-0.2, 0) is 9.53 Å². The van der Waals surface area contributed by atoms with Crippen LogP contribution < -0.4 is 0 Å². The maximum Gasteiger partial charge on any atom is 0.233 e. The Morgan fingerprint density at radius 1 is 1.62 bits per heavy atom. The summed E-state index contributed by atoms with van der Waals surface area (Å²) < 4.78 is 4.85. The second-order valence-electron chi connectivity index (χ2n) is 2.42. The SMILES string of the molecule is COCCN(CCC#N)C(=O)CBr. The van der Waals surface area contributed by atoms with Gasteiger partial charge in [-0.25, -0.2) is 0 Å². The Balaban J connectivity index is 3.88. The van der Waals surface area contributed by atoms with Crippen molar-refractivity contribution < 1.29 is 9.53 Å². The Kier molecular flexibility index (Phi) is 7.65. The number of hydrogen-bond acceptors (Lipinski definition) is 3. The summed E-state index contributed by atoms with van der Waals surface area (Å²) in [5, 5.41) is 8.66. The van der Waals surface area contributed by atoms with Crippen LogP contribution in [0.3, 0.4) is 0 Å². The van der Waals surface area contributed by atoms with Gasteiger partial charge in [-0.2, -0.15) is 5.26 Å². The molecule has 0 saturated heterocycles. The molecule has 0 aliphatic rings. The van der Waals surface area contributed by atoms with E-state index in [-0.39, 0.29) is 5.91 Å². The molecule has 0 unspecified atom stereocenters. The molecule has 0 aromatic rings. The molecule has 0 bridgehead atoms. The van der Waals surface area contributed by atoms with Gasteiger partial charge in [-0.3, -0.25) is 4.79 Å². The number of rotatable bonds is 6. The lowest BCUT2D eigenvalue weighted by Gasteiger charge is -2.19. The summed E-state index contributed by atoms with van der Waals surface area (Å²) in [6.45, 7) is 1.52. The molecule has 0 heterocycles. The Morgan fingerprint density at radius 2 is 2.31 bits per heavy atom. The third-order valence-electron chi connectivity index (χ3n) is 1.53. The average Bonchev–Trinajstić information content (AvgIpc) is 2.17. The molecule has 0 aliphatic heterocycles. The highest BCUT2D eigenvalue weighted by Gasteiger charge is 2.10. The van der Waals surface area contributed by atoms with E-state index in [0.717, 1.165) is 0 Å². The van der Waals surface area contributed by atoms with Gasteiger partial charge in [0.15, 0.2) is 0 Å². The molecular weight excluding hydrogens is 236 g/mol. The first-order valence-corrected chi connectivity index (χ1v) is 5.08. The molecule has 0 aromatic heterocycles. The van der Waals surface area contributed by atoms with Crippen molar-refractivity contribution in [3.8, 4) is 6.07 Å². The van der Waals surface area contributed by atoms with Crippen molar-refractivity contribution in [2.24, 2.45) is 0 Å². The maximum absolute atomic E-state index is 11.2. The molecule has 0 aliphatic carbocycles. The quantitative estimate of drug-likeness (QED) is 0.653. The van der Waals surface area contributed by atoms with Crippen molar-refractivity contribution in [2.75, 3.05) is 32.1 Å². The van der Waals surface area contributed by atoms with Crippen LogP contribution in [0.2, 0.25) is 0 Å². The summed E-state index contributed by atoms with van der Waals surface area (Å²) in [5.41, 5.74) is 0. The number of halogens is 1. The van der Waals surface area contributed by atoms with E-state index in [9.17, 15) is 4.79 Å². The summed E-state index contributed by atoms with van der Waals surface area (Å²) in [5.74, 6) is -0.00713. The fourth-order valence-corrected chi connectivity index (χ4v) is 1.19. The smallest absolute Gasteiger partial charge is 0.233 e. The predicted octanol–water partition coefficient (Wildman–Crippen LogP) is 0.770. The van der Waals surface area contributed by atoms with Crippen molar-refractivity contribution >= 4 is 21.8 Å². The fourth-order valence-electron chi connectivity index (χ4n) is 0.832. The van der Waals surface area contributed by atoms with Gasteiger partial charge in [-0.15, -0.1) is 0 Å². The number of alkyl halides is 1. The number of hydrogen-bond donors (Lipinski definition) is 0. The zero-order valence-electron chi connectivity index (χ0n) is 7.62. The van der Waals surface area contributed by atoms with Crippen LogP contribution in [0.4, 0.5) is 0 Å². The van der Waals surface area contributed by atoms with E-state index in [1.807, 2.05) is 6.07 Å². The van der Waals surface area contributed by atoms with Crippen LogP contribution in [0.5, 0.6) is 0 Å². The molecule has 4 nitrogen and oxygen atoms in total.